The number of carbonyl (C=O) groups is 1. The van der Waals surface area contributed by atoms with Gasteiger partial charge in [-0.05, 0) is 47.6 Å². The fraction of sp³-hybridized carbons (Fsp3) is 0.167. The number of carbonyl (C=O) groups excluding carboxylic acids is 1. The fourth-order valence-electron chi connectivity index (χ4n) is 5.87. The van der Waals surface area contributed by atoms with Gasteiger partial charge in [0.15, 0.2) is 0 Å². The Balaban J connectivity index is 1.52. The van der Waals surface area contributed by atoms with Gasteiger partial charge in [-0.15, -0.1) is 0 Å². The number of aromatic nitrogens is 1. The van der Waals surface area contributed by atoms with Crippen molar-refractivity contribution in [2.24, 2.45) is 0 Å². The third kappa shape index (κ3) is 3.17. The van der Waals surface area contributed by atoms with Gasteiger partial charge < -0.3 is 18.8 Å². The summed E-state index contributed by atoms with van der Waals surface area (Å²) in [5, 5.41) is 12.4. The van der Waals surface area contributed by atoms with Crippen LogP contribution >= 0.6 is 0 Å². The molecule has 7 heteroatoms. The molecule has 0 amide bonds. The number of fused-ring (bicyclic) bond motifs is 3. The van der Waals surface area contributed by atoms with Gasteiger partial charge in [0.2, 0.25) is 0 Å². The summed E-state index contributed by atoms with van der Waals surface area (Å²) < 4.78 is 13.1. The zero-order chi connectivity index (χ0) is 25.3. The molecule has 37 heavy (non-hydrogen) atoms. The maximum absolute atomic E-state index is 13.8. The molecular formula is C30H21NO6. The molecule has 0 spiro atoms. The molecule has 4 heterocycles. The first-order valence-electron chi connectivity index (χ1n) is 12.3. The molecule has 0 bridgehead atoms. The molecule has 2 aliphatic heterocycles. The first-order valence-corrected chi connectivity index (χ1v) is 12.3. The van der Waals surface area contributed by atoms with Crippen LogP contribution in [0, 0.1) is 0 Å². The number of hydrogen-bond acceptors (Lipinski definition) is 6. The van der Waals surface area contributed by atoms with Gasteiger partial charge >= 0.3 is 11.6 Å². The first-order chi connectivity index (χ1) is 18.0. The molecule has 5 aromatic rings. The van der Waals surface area contributed by atoms with E-state index in [-0.39, 0.29) is 34.6 Å². The second-order valence-electron chi connectivity index (χ2n) is 9.58. The second-order valence-corrected chi connectivity index (χ2v) is 9.58. The molecule has 1 N–H and O–H groups in total. The minimum absolute atomic E-state index is 0.0557. The summed E-state index contributed by atoms with van der Waals surface area (Å²) >= 11 is 0. The Kier molecular flexibility index (Phi) is 4.63. The van der Waals surface area contributed by atoms with Gasteiger partial charge in [-0.2, -0.15) is 0 Å². The summed E-state index contributed by atoms with van der Waals surface area (Å²) in [6.07, 6.45) is 1.68. The van der Waals surface area contributed by atoms with E-state index >= 15 is 0 Å². The van der Waals surface area contributed by atoms with Crippen LogP contribution in [0.4, 0.5) is 0 Å². The predicted molar refractivity (Wildman–Crippen MR) is 138 cm³/mol. The van der Waals surface area contributed by atoms with Crippen molar-refractivity contribution >= 4 is 27.8 Å². The highest BCUT2D eigenvalue weighted by Gasteiger charge is 2.35. The summed E-state index contributed by atoms with van der Waals surface area (Å²) in [5.74, 6) is -1.17. The molecule has 0 saturated carbocycles. The molecule has 182 valence electrons. The van der Waals surface area contributed by atoms with Crippen molar-refractivity contribution in [2.75, 3.05) is 0 Å². The number of aryl methyl sites for hydroxylation is 2. The zero-order valence-electron chi connectivity index (χ0n) is 19.7. The molecule has 0 fully saturated rings. The van der Waals surface area contributed by atoms with Crippen LogP contribution in [0.2, 0.25) is 0 Å². The Morgan fingerprint density at radius 1 is 0.946 bits per heavy atom. The molecular weight excluding hydrogens is 470 g/mol. The van der Waals surface area contributed by atoms with E-state index in [1.807, 2.05) is 30.3 Å². The van der Waals surface area contributed by atoms with E-state index in [0.29, 0.717) is 28.6 Å². The summed E-state index contributed by atoms with van der Waals surface area (Å²) in [6.45, 7) is 0.593. The van der Waals surface area contributed by atoms with Gasteiger partial charge in [0.25, 0.3) is 5.56 Å². The summed E-state index contributed by atoms with van der Waals surface area (Å²) in [4.78, 5) is 39.6. The quantitative estimate of drug-likeness (QED) is 0.215. The third-order valence-corrected chi connectivity index (χ3v) is 7.48. The predicted octanol–water partition coefficient (Wildman–Crippen LogP) is 4.87. The van der Waals surface area contributed by atoms with Gasteiger partial charge in [-0.25, -0.2) is 4.79 Å². The topological polar surface area (TPSA) is 98.7 Å². The van der Waals surface area contributed by atoms with Crippen LogP contribution < -0.4 is 15.9 Å². The first kappa shape index (κ1) is 21.6. The van der Waals surface area contributed by atoms with Crippen LogP contribution in [0.3, 0.4) is 0 Å². The molecule has 0 aliphatic carbocycles. The standard InChI is InChI=1S/C30H21NO6/c32-23-15-20(21-14-18-9-4-8-17-10-5-13-31(26(17)18)29(21)34)25-22(36-23)12-11-19-27(33)24(30(35)37-28(19)25)16-6-2-1-3-7-16/h1-4,6-9,11-12,14,20,33H,5,10,13,15H2. The number of aromatic hydroxyl groups is 1. The fourth-order valence-corrected chi connectivity index (χ4v) is 5.87. The lowest BCUT2D eigenvalue weighted by molar-refractivity contribution is -0.135. The Morgan fingerprint density at radius 3 is 2.62 bits per heavy atom. The Morgan fingerprint density at radius 2 is 1.78 bits per heavy atom. The van der Waals surface area contributed by atoms with E-state index in [1.165, 1.54) is 0 Å². The third-order valence-electron chi connectivity index (χ3n) is 7.48. The van der Waals surface area contributed by atoms with Gasteiger partial charge in [-0.1, -0.05) is 48.5 Å². The number of pyridine rings is 1. The van der Waals surface area contributed by atoms with Crippen molar-refractivity contribution in [3.05, 3.63) is 104 Å². The average Bonchev–Trinajstić information content (AvgIpc) is 2.90. The van der Waals surface area contributed by atoms with E-state index in [9.17, 15) is 19.5 Å². The van der Waals surface area contributed by atoms with Gasteiger partial charge in [0.1, 0.15) is 22.6 Å². The number of para-hydroxylation sites is 1. The van der Waals surface area contributed by atoms with Crippen LogP contribution in [0.5, 0.6) is 11.5 Å². The highest BCUT2D eigenvalue weighted by Crippen LogP contribution is 2.45. The van der Waals surface area contributed by atoms with E-state index in [2.05, 4.69) is 0 Å². The molecule has 1 unspecified atom stereocenters. The molecule has 0 radical (unpaired) electrons. The average molecular weight is 491 g/mol. The van der Waals surface area contributed by atoms with Crippen LogP contribution in [0.15, 0.2) is 80.7 Å². The van der Waals surface area contributed by atoms with E-state index in [0.717, 1.165) is 29.3 Å². The maximum Gasteiger partial charge on any atom is 0.347 e. The number of benzene rings is 3. The van der Waals surface area contributed by atoms with Crippen LogP contribution in [-0.4, -0.2) is 15.6 Å². The lowest BCUT2D eigenvalue weighted by Gasteiger charge is -2.27. The highest BCUT2D eigenvalue weighted by molar-refractivity contribution is 5.95. The number of ether oxygens (including phenoxy) is 1. The number of nitrogens with zero attached hydrogens (tertiary/aromatic N) is 1. The van der Waals surface area contributed by atoms with E-state index < -0.39 is 17.5 Å². The number of rotatable bonds is 2. The Labute approximate surface area is 210 Å². The van der Waals surface area contributed by atoms with E-state index in [1.54, 1.807) is 41.0 Å². The lowest BCUT2D eigenvalue weighted by atomic mass is 9.84. The zero-order valence-corrected chi connectivity index (χ0v) is 19.7. The van der Waals surface area contributed by atoms with Crippen molar-refractivity contribution in [3.8, 4) is 22.6 Å². The van der Waals surface area contributed by atoms with Crippen molar-refractivity contribution in [1.29, 1.82) is 0 Å². The molecule has 1 atom stereocenters. The normalized spacial score (nSPS) is 16.5. The number of hydrogen-bond donors (Lipinski definition) is 1. The SMILES string of the molecule is O=C1CC(c2cc3cccc4c3n(c2=O)CCC4)c2c(ccc3c(O)c(-c4ccccc4)c(=O)oc23)O1. The minimum Gasteiger partial charge on any atom is -0.506 e. The highest BCUT2D eigenvalue weighted by atomic mass is 16.5. The Bertz CT molecular complexity index is 1880. The van der Waals surface area contributed by atoms with Crippen molar-refractivity contribution in [3.63, 3.8) is 0 Å². The molecule has 7 nitrogen and oxygen atoms in total. The van der Waals surface area contributed by atoms with Crippen LogP contribution in [-0.2, 0) is 17.8 Å². The molecule has 2 aliphatic rings. The summed E-state index contributed by atoms with van der Waals surface area (Å²) in [6, 6.07) is 19.8. The van der Waals surface area contributed by atoms with E-state index in [4.69, 9.17) is 9.15 Å². The lowest BCUT2D eigenvalue weighted by Crippen LogP contribution is -2.31. The molecule has 3 aromatic carbocycles. The monoisotopic (exact) mass is 491 g/mol. The second kappa shape index (κ2) is 7.93. The van der Waals surface area contributed by atoms with Gasteiger partial charge in [-0.3, -0.25) is 9.59 Å². The Hall–Kier alpha value is -4.65. The van der Waals surface area contributed by atoms with Crippen LogP contribution in [0.25, 0.3) is 33.0 Å². The molecule has 0 saturated heterocycles. The van der Waals surface area contributed by atoms with Crippen molar-refractivity contribution in [2.45, 2.75) is 31.7 Å². The van der Waals surface area contributed by atoms with Gasteiger partial charge in [0, 0.05) is 23.6 Å². The largest absolute Gasteiger partial charge is 0.506 e. The van der Waals surface area contributed by atoms with Crippen LogP contribution in [0.1, 0.15) is 35.4 Å². The maximum atomic E-state index is 13.8. The van der Waals surface area contributed by atoms with Crippen molar-refractivity contribution < 1.29 is 19.1 Å². The number of esters is 1. The smallest absolute Gasteiger partial charge is 0.347 e. The molecule has 2 aromatic heterocycles. The summed E-state index contributed by atoms with van der Waals surface area (Å²) in [5.41, 5.74) is 2.72. The summed E-state index contributed by atoms with van der Waals surface area (Å²) in [7, 11) is 0. The van der Waals surface area contributed by atoms with Gasteiger partial charge in [0.05, 0.1) is 17.3 Å². The van der Waals surface area contributed by atoms with Crippen molar-refractivity contribution in [1.82, 2.24) is 4.57 Å². The molecule has 7 rings (SSSR count). The minimum atomic E-state index is -0.713.